The van der Waals surface area contributed by atoms with Crippen LogP contribution in [0.4, 0.5) is 5.69 Å². The molecule has 142 valence electrons. The van der Waals surface area contributed by atoms with Crippen LogP contribution in [0.2, 0.25) is 0 Å². The standard InChI is InChI=1S/C21H24N2O4/c1-26-17-7-8-19-16(12-17)13-22(14-18-6-3-11-27-18)20(24)9-10-23(19)21(25)15-4-2-5-15/h3,6-8,11-12,15H,2,4-5,9-10,13-14H2,1H3. The van der Waals surface area contributed by atoms with Crippen molar-refractivity contribution in [3.8, 4) is 5.75 Å². The van der Waals surface area contributed by atoms with E-state index in [-0.39, 0.29) is 17.7 Å². The Bertz CT molecular complexity index is 827. The van der Waals surface area contributed by atoms with Gasteiger partial charge in [0.2, 0.25) is 11.8 Å². The van der Waals surface area contributed by atoms with Crippen molar-refractivity contribution >= 4 is 17.5 Å². The molecule has 1 aliphatic heterocycles. The summed E-state index contributed by atoms with van der Waals surface area (Å²) in [6, 6.07) is 9.42. The van der Waals surface area contributed by atoms with Gasteiger partial charge in [-0.3, -0.25) is 9.59 Å². The summed E-state index contributed by atoms with van der Waals surface area (Å²) in [7, 11) is 1.62. The molecule has 1 aromatic heterocycles. The molecule has 6 nitrogen and oxygen atoms in total. The van der Waals surface area contributed by atoms with Crippen LogP contribution in [0.15, 0.2) is 41.0 Å². The summed E-state index contributed by atoms with van der Waals surface area (Å²) >= 11 is 0. The second kappa shape index (κ2) is 7.47. The minimum atomic E-state index is 0.0197. The van der Waals surface area contributed by atoms with Gasteiger partial charge in [-0.2, -0.15) is 0 Å². The summed E-state index contributed by atoms with van der Waals surface area (Å²) in [5, 5.41) is 0. The third kappa shape index (κ3) is 3.56. The molecule has 4 rings (SSSR count). The topological polar surface area (TPSA) is 63.0 Å². The van der Waals surface area contributed by atoms with Gasteiger partial charge in [-0.05, 0) is 48.7 Å². The average Bonchev–Trinajstić information content (AvgIpc) is 3.12. The Labute approximate surface area is 158 Å². The van der Waals surface area contributed by atoms with Crippen molar-refractivity contribution in [2.45, 2.75) is 38.8 Å². The van der Waals surface area contributed by atoms with Crippen molar-refractivity contribution in [2.75, 3.05) is 18.6 Å². The minimum absolute atomic E-state index is 0.0197. The lowest BCUT2D eigenvalue weighted by molar-refractivity contribution is -0.132. The molecule has 2 aromatic rings. The van der Waals surface area contributed by atoms with E-state index >= 15 is 0 Å². The van der Waals surface area contributed by atoms with Crippen LogP contribution in [0, 0.1) is 5.92 Å². The van der Waals surface area contributed by atoms with Crippen LogP contribution in [0.25, 0.3) is 0 Å². The van der Waals surface area contributed by atoms with Crippen molar-refractivity contribution in [3.05, 3.63) is 47.9 Å². The predicted octanol–water partition coefficient (Wildman–Crippen LogP) is 3.35. The molecular weight excluding hydrogens is 344 g/mol. The monoisotopic (exact) mass is 368 g/mol. The van der Waals surface area contributed by atoms with Gasteiger partial charge < -0.3 is 19.0 Å². The number of amides is 2. The number of hydrogen-bond acceptors (Lipinski definition) is 4. The molecule has 1 fully saturated rings. The molecule has 0 atom stereocenters. The van der Waals surface area contributed by atoms with Crippen LogP contribution in [-0.4, -0.2) is 30.4 Å². The summed E-state index contributed by atoms with van der Waals surface area (Å²) in [5.74, 6) is 1.71. The highest BCUT2D eigenvalue weighted by Gasteiger charge is 2.33. The lowest BCUT2D eigenvalue weighted by Gasteiger charge is -2.36. The molecule has 0 N–H and O–H groups in total. The lowest BCUT2D eigenvalue weighted by atomic mass is 9.84. The van der Waals surface area contributed by atoms with Gasteiger partial charge in [-0.25, -0.2) is 0 Å². The van der Waals surface area contributed by atoms with Gasteiger partial charge in [0, 0.05) is 31.1 Å². The highest BCUT2D eigenvalue weighted by atomic mass is 16.5. The van der Waals surface area contributed by atoms with Gasteiger partial charge in [0.05, 0.1) is 19.9 Å². The normalized spacial score (nSPS) is 17.7. The van der Waals surface area contributed by atoms with E-state index in [1.54, 1.807) is 23.2 Å². The SMILES string of the molecule is COc1ccc2c(c1)CN(Cc1ccco1)C(=O)CCN2C(=O)C1CCC1. The van der Waals surface area contributed by atoms with Crippen LogP contribution in [0.1, 0.15) is 37.0 Å². The molecule has 0 spiro atoms. The number of hydrogen-bond donors (Lipinski definition) is 0. The third-order valence-corrected chi connectivity index (χ3v) is 5.49. The summed E-state index contributed by atoms with van der Waals surface area (Å²) in [6.45, 7) is 1.24. The first-order valence-electron chi connectivity index (χ1n) is 9.44. The Morgan fingerprint density at radius 3 is 2.81 bits per heavy atom. The number of nitrogens with zero attached hydrogens (tertiary/aromatic N) is 2. The lowest BCUT2D eigenvalue weighted by Crippen LogP contribution is -2.44. The number of furan rings is 1. The predicted molar refractivity (Wildman–Crippen MR) is 100 cm³/mol. The van der Waals surface area contributed by atoms with Crippen LogP contribution >= 0.6 is 0 Å². The maximum absolute atomic E-state index is 13.0. The first-order chi connectivity index (χ1) is 13.2. The largest absolute Gasteiger partial charge is 0.497 e. The summed E-state index contributed by atoms with van der Waals surface area (Å²) in [5.41, 5.74) is 1.80. The molecule has 2 heterocycles. The quantitative estimate of drug-likeness (QED) is 0.830. The number of rotatable bonds is 4. The van der Waals surface area contributed by atoms with E-state index in [2.05, 4.69) is 0 Å². The molecule has 6 heteroatoms. The number of carbonyl (C=O) groups excluding carboxylic acids is 2. The van der Waals surface area contributed by atoms with Gasteiger partial charge >= 0.3 is 0 Å². The molecule has 2 aliphatic rings. The summed E-state index contributed by atoms with van der Waals surface area (Å²) < 4.78 is 10.8. The molecular formula is C21H24N2O4. The minimum Gasteiger partial charge on any atom is -0.497 e. The zero-order valence-corrected chi connectivity index (χ0v) is 15.5. The van der Waals surface area contributed by atoms with E-state index in [1.165, 1.54) is 0 Å². The third-order valence-electron chi connectivity index (χ3n) is 5.49. The number of carbonyl (C=O) groups is 2. The Morgan fingerprint density at radius 1 is 1.30 bits per heavy atom. The van der Waals surface area contributed by atoms with E-state index in [1.807, 2.05) is 30.3 Å². The van der Waals surface area contributed by atoms with Crippen molar-refractivity contribution in [1.82, 2.24) is 4.90 Å². The van der Waals surface area contributed by atoms with E-state index in [9.17, 15) is 9.59 Å². The molecule has 1 aliphatic carbocycles. The molecule has 0 bridgehead atoms. The van der Waals surface area contributed by atoms with Gasteiger partial charge in [0.1, 0.15) is 11.5 Å². The van der Waals surface area contributed by atoms with Gasteiger partial charge in [-0.15, -0.1) is 0 Å². The number of benzene rings is 1. The van der Waals surface area contributed by atoms with Crippen LogP contribution in [0.3, 0.4) is 0 Å². The van der Waals surface area contributed by atoms with Gasteiger partial charge in [0.25, 0.3) is 0 Å². The second-order valence-corrected chi connectivity index (χ2v) is 7.19. The molecule has 27 heavy (non-hydrogen) atoms. The van der Waals surface area contributed by atoms with Gasteiger partial charge in [-0.1, -0.05) is 6.42 Å². The van der Waals surface area contributed by atoms with Crippen LogP contribution in [-0.2, 0) is 22.7 Å². The Hall–Kier alpha value is -2.76. The zero-order chi connectivity index (χ0) is 18.8. The van der Waals surface area contributed by atoms with Crippen molar-refractivity contribution < 1.29 is 18.7 Å². The van der Waals surface area contributed by atoms with Crippen molar-refractivity contribution in [3.63, 3.8) is 0 Å². The maximum atomic E-state index is 13.0. The molecule has 0 radical (unpaired) electrons. The van der Waals surface area contributed by atoms with Crippen molar-refractivity contribution in [2.24, 2.45) is 5.92 Å². The Morgan fingerprint density at radius 2 is 2.15 bits per heavy atom. The molecule has 0 unspecified atom stereocenters. The first-order valence-corrected chi connectivity index (χ1v) is 9.44. The number of fused-ring (bicyclic) bond motifs is 1. The second-order valence-electron chi connectivity index (χ2n) is 7.19. The molecule has 2 amide bonds. The number of ether oxygens (including phenoxy) is 1. The number of anilines is 1. The fourth-order valence-corrected chi connectivity index (χ4v) is 3.70. The van der Waals surface area contributed by atoms with E-state index in [0.29, 0.717) is 26.1 Å². The van der Waals surface area contributed by atoms with E-state index < -0.39 is 0 Å². The van der Waals surface area contributed by atoms with Crippen LogP contribution < -0.4 is 9.64 Å². The fraction of sp³-hybridized carbons (Fsp3) is 0.429. The number of methoxy groups -OCH3 is 1. The van der Waals surface area contributed by atoms with E-state index in [4.69, 9.17) is 9.15 Å². The molecule has 1 aromatic carbocycles. The summed E-state index contributed by atoms with van der Waals surface area (Å²) in [4.78, 5) is 29.3. The highest BCUT2D eigenvalue weighted by molar-refractivity contribution is 5.97. The average molecular weight is 368 g/mol. The van der Waals surface area contributed by atoms with Gasteiger partial charge in [0.15, 0.2) is 0 Å². The van der Waals surface area contributed by atoms with E-state index in [0.717, 1.165) is 42.0 Å². The molecule has 0 saturated heterocycles. The highest BCUT2D eigenvalue weighted by Crippen LogP contribution is 2.34. The maximum Gasteiger partial charge on any atom is 0.230 e. The Kier molecular flexibility index (Phi) is 4.88. The molecule has 1 saturated carbocycles. The van der Waals surface area contributed by atoms with Crippen molar-refractivity contribution in [1.29, 1.82) is 0 Å². The first kappa shape index (κ1) is 17.6. The zero-order valence-electron chi connectivity index (χ0n) is 15.5. The summed E-state index contributed by atoms with van der Waals surface area (Å²) in [6.07, 6.45) is 4.92. The van der Waals surface area contributed by atoms with Crippen LogP contribution in [0.5, 0.6) is 5.75 Å². The fourth-order valence-electron chi connectivity index (χ4n) is 3.70. The Balaban J connectivity index is 1.67. The smallest absolute Gasteiger partial charge is 0.230 e.